The summed E-state index contributed by atoms with van der Waals surface area (Å²) in [6, 6.07) is 4.87. The number of nitrogens with one attached hydrogen (secondary N) is 1. The third kappa shape index (κ3) is 5.62. The fourth-order valence-corrected chi connectivity index (χ4v) is 2.81. The molecule has 1 amide bonds. The molecule has 2 rings (SSSR count). The second kappa shape index (κ2) is 8.40. The number of ether oxygens (including phenoxy) is 3. The highest BCUT2D eigenvalue weighted by atomic mass is 16.6. The van der Waals surface area contributed by atoms with Crippen LogP contribution in [-0.2, 0) is 20.7 Å². The van der Waals surface area contributed by atoms with Gasteiger partial charge in [-0.1, -0.05) is 6.07 Å². The van der Waals surface area contributed by atoms with Crippen molar-refractivity contribution in [3.63, 3.8) is 0 Å². The van der Waals surface area contributed by atoms with E-state index >= 15 is 0 Å². The van der Waals surface area contributed by atoms with Crippen molar-refractivity contribution in [2.24, 2.45) is 0 Å². The number of benzene rings is 1. The maximum Gasteiger partial charge on any atom is 0.407 e. The van der Waals surface area contributed by atoms with Crippen LogP contribution in [0.15, 0.2) is 18.2 Å². The van der Waals surface area contributed by atoms with Crippen LogP contribution >= 0.6 is 0 Å². The highest BCUT2D eigenvalue weighted by Gasteiger charge is 2.31. The molecular formula is C19H27NO6. The van der Waals surface area contributed by atoms with Crippen molar-refractivity contribution in [3.8, 4) is 5.75 Å². The molecule has 0 saturated heterocycles. The molecule has 144 valence electrons. The second-order valence-electron chi connectivity index (χ2n) is 7.19. The number of fused-ring (bicyclic) bond motifs is 1. The molecule has 0 aliphatic heterocycles. The molecule has 2 atom stereocenters. The van der Waals surface area contributed by atoms with Crippen LogP contribution in [0.2, 0.25) is 0 Å². The zero-order chi connectivity index (χ0) is 19.3. The van der Waals surface area contributed by atoms with Gasteiger partial charge in [0, 0.05) is 0 Å². The van der Waals surface area contributed by atoms with Gasteiger partial charge in [-0.15, -0.1) is 0 Å². The number of aliphatic hydroxyl groups excluding tert-OH is 1. The predicted octanol–water partition coefficient (Wildman–Crippen LogP) is 2.50. The summed E-state index contributed by atoms with van der Waals surface area (Å²) in [4.78, 5) is 23.4. The highest BCUT2D eigenvalue weighted by Crippen LogP contribution is 2.33. The van der Waals surface area contributed by atoms with Gasteiger partial charge >= 0.3 is 12.1 Å². The van der Waals surface area contributed by atoms with E-state index in [2.05, 4.69) is 5.32 Å². The lowest BCUT2D eigenvalue weighted by Crippen LogP contribution is -2.44. The number of alkyl carbamates (subject to hydrolysis) is 1. The van der Waals surface area contributed by atoms with Crippen LogP contribution < -0.4 is 10.1 Å². The number of hydrogen-bond acceptors (Lipinski definition) is 6. The number of aliphatic hydroxyl groups is 1. The molecule has 7 nitrogen and oxygen atoms in total. The van der Waals surface area contributed by atoms with E-state index in [4.69, 9.17) is 14.2 Å². The molecule has 1 aromatic rings. The lowest BCUT2D eigenvalue weighted by Gasteiger charge is -2.31. The molecule has 0 radical (unpaired) electrons. The minimum absolute atomic E-state index is 0.192. The first kappa shape index (κ1) is 20.0. The van der Waals surface area contributed by atoms with E-state index in [1.807, 2.05) is 6.07 Å². The van der Waals surface area contributed by atoms with Gasteiger partial charge in [-0.2, -0.15) is 0 Å². The average Bonchev–Trinajstić information content (AvgIpc) is 2.54. The zero-order valence-electron chi connectivity index (χ0n) is 15.7. The molecule has 0 fully saturated rings. The van der Waals surface area contributed by atoms with Crippen molar-refractivity contribution >= 4 is 12.1 Å². The second-order valence-corrected chi connectivity index (χ2v) is 7.19. The van der Waals surface area contributed by atoms with Gasteiger partial charge in [0.1, 0.15) is 11.4 Å². The van der Waals surface area contributed by atoms with E-state index < -0.39 is 29.8 Å². The van der Waals surface area contributed by atoms with Crippen molar-refractivity contribution in [2.45, 2.75) is 58.3 Å². The van der Waals surface area contributed by atoms with Gasteiger partial charge < -0.3 is 24.6 Å². The van der Waals surface area contributed by atoms with Gasteiger partial charge in [-0.05, 0) is 63.8 Å². The molecule has 0 spiro atoms. The average molecular weight is 365 g/mol. The van der Waals surface area contributed by atoms with Gasteiger partial charge in [0.15, 0.2) is 6.61 Å². The SMILES string of the molecule is CCOC(=O)COc1ccc2c(c1)C(O)C(NC(=O)OC(C)(C)C)CC2. The Morgan fingerprint density at radius 3 is 2.69 bits per heavy atom. The Bertz CT molecular complexity index is 652. The molecule has 0 saturated carbocycles. The van der Waals surface area contributed by atoms with E-state index in [1.165, 1.54) is 0 Å². The standard InChI is InChI=1S/C19H27NO6/c1-5-24-16(21)11-25-13-8-6-12-7-9-15(17(22)14(12)10-13)20-18(23)26-19(2,3)4/h6,8,10,15,17,22H,5,7,9,11H2,1-4H3,(H,20,23). The van der Waals surface area contributed by atoms with Crippen LogP contribution in [0.1, 0.15) is 51.3 Å². The first-order valence-corrected chi connectivity index (χ1v) is 8.78. The van der Waals surface area contributed by atoms with Crippen LogP contribution in [0.3, 0.4) is 0 Å². The molecule has 0 bridgehead atoms. The number of rotatable bonds is 5. The number of esters is 1. The van der Waals surface area contributed by atoms with Gasteiger partial charge in [-0.3, -0.25) is 0 Å². The molecule has 1 aliphatic carbocycles. The summed E-state index contributed by atoms with van der Waals surface area (Å²) in [5.74, 6) is 0.0176. The molecule has 1 aromatic carbocycles. The van der Waals surface area contributed by atoms with E-state index in [9.17, 15) is 14.7 Å². The van der Waals surface area contributed by atoms with Crippen LogP contribution in [0.4, 0.5) is 4.79 Å². The van der Waals surface area contributed by atoms with Gasteiger partial charge in [0.25, 0.3) is 0 Å². The number of carbonyl (C=O) groups excluding carboxylic acids is 2. The molecule has 1 aliphatic rings. The monoisotopic (exact) mass is 365 g/mol. The van der Waals surface area contributed by atoms with E-state index in [0.29, 0.717) is 30.8 Å². The van der Waals surface area contributed by atoms with E-state index in [1.54, 1.807) is 39.8 Å². The number of amides is 1. The Morgan fingerprint density at radius 1 is 1.31 bits per heavy atom. The Morgan fingerprint density at radius 2 is 2.04 bits per heavy atom. The molecule has 26 heavy (non-hydrogen) atoms. The van der Waals surface area contributed by atoms with Crippen LogP contribution in [-0.4, -0.2) is 42.0 Å². The lowest BCUT2D eigenvalue weighted by molar-refractivity contribution is -0.145. The Labute approximate surface area is 153 Å². The summed E-state index contributed by atoms with van der Waals surface area (Å²) >= 11 is 0. The predicted molar refractivity (Wildman–Crippen MR) is 95.0 cm³/mol. The van der Waals surface area contributed by atoms with Crippen LogP contribution in [0.5, 0.6) is 5.75 Å². The van der Waals surface area contributed by atoms with Crippen molar-refractivity contribution < 1.29 is 28.9 Å². The van der Waals surface area contributed by atoms with Crippen LogP contribution in [0, 0.1) is 0 Å². The summed E-state index contributed by atoms with van der Waals surface area (Å²) < 4.78 is 15.5. The topological polar surface area (TPSA) is 94.1 Å². The molecule has 0 aromatic heterocycles. The third-order valence-electron chi connectivity index (χ3n) is 3.91. The summed E-state index contributed by atoms with van der Waals surface area (Å²) in [7, 11) is 0. The molecule has 7 heteroatoms. The van der Waals surface area contributed by atoms with E-state index in [0.717, 1.165) is 5.56 Å². The largest absolute Gasteiger partial charge is 0.482 e. The minimum Gasteiger partial charge on any atom is -0.482 e. The number of hydrogen-bond donors (Lipinski definition) is 2. The fraction of sp³-hybridized carbons (Fsp3) is 0.579. The van der Waals surface area contributed by atoms with Crippen molar-refractivity contribution in [1.82, 2.24) is 5.32 Å². The third-order valence-corrected chi connectivity index (χ3v) is 3.91. The van der Waals surface area contributed by atoms with Crippen LogP contribution in [0.25, 0.3) is 0 Å². The van der Waals surface area contributed by atoms with Gasteiger partial charge in [0.2, 0.25) is 0 Å². The summed E-state index contributed by atoms with van der Waals surface area (Å²) in [5, 5.41) is 13.4. The minimum atomic E-state index is -0.877. The normalized spacial score (nSPS) is 19.3. The van der Waals surface area contributed by atoms with E-state index in [-0.39, 0.29) is 6.61 Å². The highest BCUT2D eigenvalue weighted by molar-refractivity contribution is 5.71. The van der Waals surface area contributed by atoms with Gasteiger partial charge in [0.05, 0.1) is 18.8 Å². The number of carbonyl (C=O) groups is 2. The first-order valence-electron chi connectivity index (χ1n) is 8.78. The maximum absolute atomic E-state index is 12.0. The smallest absolute Gasteiger partial charge is 0.407 e. The van der Waals surface area contributed by atoms with Crippen molar-refractivity contribution in [1.29, 1.82) is 0 Å². The molecule has 2 unspecified atom stereocenters. The Hall–Kier alpha value is -2.28. The van der Waals surface area contributed by atoms with Crippen molar-refractivity contribution in [2.75, 3.05) is 13.2 Å². The molecule has 0 heterocycles. The summed E-state index contributed by atoms with van der Waals surface area (Å²) in [6.07, 6.45) is -0.112. The molecular weight excluding hydrogens is 338 g/mol. The lowest BCUT2D eigenvalue weighted by atomic mass is 9.86. The first-order chi connectivity index (χ1) is 12.2. The molecule has 2 N–H and O–H groups in total. The quantitative estimate of drug-likeness (QED) is 0.779. The Kier molecular flexibility index (Phi) is 6.47. The summed E-state index contributed by atoms with van der Waals surface area (Å²) in [5.41, 5.74) is 1.07. The zero-order valence-corrected chi connectivity index (χ0v) is 15.7. The van der Waals surface area contributed by atoms with Crippen molar-refractivity contribution in [3.05, 3.63) is 29.3 Å². The fourth-order valence-electron chi connectivity index (χ4n) is 2.81. The Balaban J connectivity index is 2.03. The summed E-state index contributed by atoms with van der Waals surface area (Å²) in [6.45, 7) is 7.18. The number of aryl methyl sites for hydroxylation is 1. The van der Waals surface area contributed by atoms with Gasteiger partial charge in [-0.25, -0.2) is 9.59 Å². The maximum atomic E-state index is 12.0.